The third-order valence-corrected chi connectivity index (χ3v) is 2.98. The lowest BCUT2D eigenvalue weighted by atomic mass is 10.2. The van der Waals surface area contributed by atoms with Crippen molar-refractivity contribution in [1.29, 1.82) is 0 Å². The largest absolute Gasteiger partial charge is 0.369 e. The van der Waals surface area contributed by atoms with Crippen LogP contribution in [0.2, 0.25) is 5.02 Å². The zero-order chi connectivity index (χ0) is 12.7. The van der Waals surface area contributed by atoms with E-state index in [1.54, 1.807) is 22.8 Å². The Balaban J connectivity index is 2.28. The lowest BCUT2D eigenvalue weighted by Crippen LogP contribution is -2.00. The van der Waals surface area contributed by atoms with Gasteiger partial charge < -0.3 is 5.73 Å². The SMILES string of the molecule is Nc1nc2cc(F)ccc2n1-c1ccc(Cl)cc1. The first kappa shape index (κ1) is 11.0. The molecule has 1 heterocycles. The summed E-state index contributed by atoms with van der Waals surface area (Å²) in [5, 5.41) is 0.646. The van der Waals surface area contributed by atoms with Crippen LogP contribution in [0.15, 0.2) is 42.5 Å². The van der Waals surface area contributed by atoms with E-state index in [0.29, 0.717) is 16.5 Å². The average molecular weight is 262 g/mol. The number of imidazole rings is 1. The highest BCUT2D eigenvalue weighted by Crippen LogP contribution is 2.24. The molecule has 0 amide bonds. The Bertz CT molecular complexity index is 719. The van der Waals surface area contributed by atoms with Gasteiger partial charge in [-0.2, -0.15) is 0 Å². The summed E-state index contributed by atoms with van der Waals surface area (Å²) in [4.78, 5) is 4.14. The highest BCUT2D eigenvalue weighted by Gasteiger charge is 2.10. The van der Waals surface area contributed by atoms with Crippen molar-refractivity contribution in [2.45, 2.75) is 0 Å². The quantitative estimate of drug-likeness (QED) is 0.730. The molecule has 0 atom stereocenters. The Morgan fingerprint density at radius 3 is 2.56 bits per heavy atom. The molecule has 0 aliphatic carbocycles. The highest BCUT2D eigenvalue weighted by molar-refractivity contribution is 6.30. The minimum atomic E-state index is -0.330. The van der Waals surface area contributed by atoms with Crippen molar-refractivity contribution in [1.82, 2.24) is 9.55 Å². The van der Waals surface area contributed by atoms with Gasteiger partial charge in [0.25, 0.3) is 0 Å². The molecule has 18 heavy (non-hydrogen) atoms. The molecule has 90 valence electrons. The lowest BCUT2D eigenvalue weighted by molar-refractivity contribution is 0.629. The lowest BCUT2D eigenvalue weighted by Gasteiger charge is -2.06. The van der Waals surface area contributed by atoms with Gasteiger partial charge in [-0.25, -0.2) is 9.37 Å². The van der Waals surface area contributed by atoms with E-state index in [2.05, 4.69) is 4.98 Å². The van der Waals surface area contributed by atoms with Gasteiger partial charge >= 0.3 is 0 Å². The highest BCUT2D eigenvalue weighted by atomic mass is 35.5. The Morgan fingerprint density at radius 2 is 1.83 bits per heavy atom. The van der Waals surface area contributed by atoms with Crippen LogP contribution in [0.4, 0.5) is 10.3 Å². The summed E-state index contributed by atoms with van der Waals surface area (Å²) in [5.41, 5.74) is 8.00. The molecule has 0 spiro atoms. The van der Waals surface area contributed by atoms with Crippen LogP contribution < -0.4 is 5.73 Å². The number of fused-ring (bicyclic) bond motifs is 1. The summed E-state index contributed by atoms with van der Waals surface area (Å²) in [6.07, 6.45) is 0. The molecule has 0 saturated carbocycles. The van der Waals surface area contributed by atoms with Crippen molar-refractivity contribution in [3.8, 4) is 5.69 Å². The summed E-state index contributed by atoms with van der Waals surface area (Å²) < 4.78 is 14.9. The minimum Gasteiger partial charge on any atom is -0.369 e. The maximum absolute atomic E-state index is 13.1. The van der Waals surface area contributed by atoms with Gasteiger partial charge in [-0.3, -0.25) is 4.57 Å². The Morgan fingerprint density at radius 1 is 1.11 bits per heavy atom. The molecule has 0 fully saturated rings. The maximum Gasteiger partial charge on any atom is 0.205 e. The number of aromatic nitrogens is 2. The number of hydrogen-bond acceptors (Lipinski definition) is 2. The summed E-state index contributed by atoms with van der Waals surface area (Å²) in [7, 11) is 0. The number of benzene rings is 2. The van der Waals surface area contributed by atoms with Crippen LogP contribution in [0.25, 0.3) is 16.7 Å². The van der Waals surface area contributed by atoms with E-state index in [1.807, 2.05) is 12.1 Å². The molecule has 0 radical (unpaired) electrons. The van der Waals surface area contributed by atoms with Crippen molar-refractivity contribution < 1.29 is 4.39 Å². The maximum atomic E-state index is 13.1. The molecule has 0 bridgehead atoms. The molecule has 2 N–H and O–H groups in total. The molecular formula is C13H9ClFN3. The monoisotopic (exact) mass is 261 g/mol. The van der Waals surface area contributed by atoms with Crippen molar-refractivity contribution in [2.24, 2.45) is 0 Å². The molecule has 5 heteroatoms. The van der Waals surface area contributed by atoms with Gasteiger partial charge in [-0.15, -0.1) is 0 Å². The number of nitrogens with zero attached hydrogens (tertiary/aromatic N) is 2. The molecule has 0 aliphatic rings. The predicted molar refractivity (Wildman–Crippen MR) is 70.5 cm³/mol. The second kappa shape index (κ2) is 3.99. The van der Waals surface area contributed by atoms with Gasteiger partial charge in [0.15, 0.2) is 0 Å². The van der Waals surface area contributed by atoms with E-state index in [1.165, 1.54) is 12.1 Å². The van der Waals surface area contributed by atoms with E-state index in [-0.39, 0.29) is 5.82 Å². The smallest absolute Gasteiger partial charge is 0.205 e. The number of nitrogens with two attached hydrogens (primary N) is 1. The van der Waals surface area contributed by atoms with Crippen molar-refractivity contribution in [3.05, 3.63) is 53.3 Å². The summed E-state index contributed by atoms with van der Waals surface area (Å²) in [6.45, 7) is 0. The summed E-state index contributed by atoms with van der Waals surface area (Å²) in [5.74, 6) is -0.0128. The van der Waals surface area contributed by atoms with Gasteiger partial charge in [0.1, 0.15) is 5.82 Å². The molecule has 0 saturated heterocycles. The summed E-state index contributed by atoms with van der Waals surface area (Å²) >= 11 is 5.85. The first-order valence-corrected chi connectivity index (χ1v) is 5.72. The van der Waals surface area contributed by atoms with Crippen LogP contribution in [-0.4, -0.2) is 9.55 Å². The first-order chi connectivity index (χ1) is 8.65. The normalized spacial score (nSPS) is 11.0. The standard InChI is InChI=1S/C13H9ClFN3/c14-8-1-4-10(5-2-8)18-12-6-3-9(15)7-11(12)17-13(18)16/h1-7H,(H2,16,17). The Kier molecular flexibility index (Phi) is 2.45. The fraction of sp³-hybridized carbons (Fsp3) is 0. The van der Waals surface area contributed by atoms with Crippen LogP contribution in [0, 0.1) is 5.82 Å². The minimum absolute atomic E-state index is 0.318. The molecular weight excluding hydrogens is 253 g/mol. The molecule has 3 aromatic rings. The van der Waals surface area contributed by atoms with E-state index in [0.717, 1.165) is 11.2 Å². The Hall–Kier alpha value is -2.07. The van der Waals surface area contributed by atoms with Gasteiger partial charge in [0.05, 0.1) is 11.0 Å². The van der Waals surface area contributed by atoms with E-state index in [9.17, 15) is 4.39 Å². The summed E-state index contributed by atoms with van der Waals surface area (Å²) in [6, 6.07) is 11.6. The van der Waals surface area contributed by atoms with Crippen LogP contribution in [0.1, 0.15) is 0 Å². The average Bonchev–Trinajstić information content (AvgIpc) is 2.65. The van der Waals surface area contributed by atoms with Crippen molar-refractivity contribution >= 4 is 28.6 Å². The van der Waals surface area contributed by atoms with E-state index >= 15 is 0 Å². The van der Waals surface area contributed by atoms with Gasteiger partial charge in [0, 0.05) is 16.8 Å². The van der Waals surface area contributed by atoms with Crippen LogP contribution in [-0.2, 0) is 0 Å². The second-order valence-electron chi connectivity index (χ2n) is 3.91. The fourth-order valence-corrected chi connectivity index (χ4v) is 2.06. The number of anilines is 1. The topological polar surface area (TPSA) is 43.8 Å². The number of nitrogen functional groups attached to an aromatic ring is 1. The van der Waals surface area contributed by atoms with Crippen LogP contribution >= 0.6 is 11.6 Å². The number of rotatable bonds is 1. The predicted octanol–water partition coefficient (Wildman–Crippen LogP) is 3.40. The zero-order valence-corrected chi connectivity index (χ0v) is 10.0. The van der Waals surface area contributed by atoms with Crippen LogP contribution in [0.5, 0.6) is 0 Å². The third kappa shape index (κ3) is 1.71. The van der Waals surface area contributed by atoms with Crippen molar-refractivity contribution in [3.63, 3.8) is 0 Å². The molecule has 0 unspecified atom stereocenters. The van der Waals surface area contributed by atoms with Crippen molar-refractivity contribution in [2.75, 3.05) is 5.73 Å². The van der Waals surface area contributed by atoms with Gasteiger partial charge in [-0.1, -0.05) is 11.6 Å². The van der Waals surface area contributed by atoms with Gasteiger partial charge in [0.2, 0.25) is 5.95 Å². The van der Waals surface area contributed by atoms with E-state index < -0.39 is 0 Å². The zero-order valence-electron chi connectivity index (χ0n) is 9.27. The second-order valence-corrected chi connectivity index (χ2v) is 4.35. The Labute approximate surface area is 108 Å². The number of halogens is 2. The molecule has 3 nitrogen and oxygen atoms in total. The van der Waals surface area contributed by atoms with Gasteiger partial charge in [-0.05, 0) is 36.4 Å². The fourth-order valence-electron chi connectivity index (χ4n) is 1.93. The third-order valence-electron chi connectivity index (χ3n) is 2.73. The molecule has 1 aromatic heterocycles. The van der Waals surface area contributed by atoms with E-state index in [4.69, 9.17) is 17.3 Å². The van der Waals surface area contributed by atoms with Crippen LogP contribution in [0.3, 0.4) is 0 Å². The first-order valence-electron chi connectivity index (χ1n) is 5.34. The number of hydrogen-bond donors (Lipinski definition) is 1. The molecule has 2 aromatic carbocycles. The molecule has 0 aliphatic heterocycles. The molecule has 3 rings (SSSR count).